The van der Waals surface area contributed by atoms with Crippen LogP contribution in [0.5, 0.6) is 0 Å². The number of nitrogens with one attached hydrogen (secondary N) is 1. The maximum Gasteiger partial charge on any atom is 0.433 e. The van der Waals surface area contributed by atoms with Crippen molar-refractivity contribution in [1.82, 2.24) is 19.7 Å². The monoisotopic (exact) mass is 501 g/mol. The Kier molecular flexibility index (Phi) is 5.53. The number of fused-ring (bicyclic) bond motifs is 3. The Hall–Kier alpha value is -3.37. The largest absolute Gasteiger partial charge is 0.433 e. The highest BCUT2D eigenvalue weighted by molar-refractivity contribution is 5.60. The highest BCUT2D eigenvalue weighted by atomic mass is 19.4. The molecule has 190 valence electrons. The molecule has 1 saturated heterocycles. The Balaban J connectivity index is 1.19. The van der Waals surface area contributed by atoms with E-state index in [2.05, 4.69) is 15.4 Å². The Morgan fingerprint density at radius 3 is 2.50 bits per heavy atom. The van der Waals surface area contributed by atoms with Crippen molar-refractivity contribution in [2.75, 3.05) is 34.8 Å². The fourth-order valence-electron chi connectivity index (χ4n) is 5.81. The molecule has 4 heterocycles. The number of hydrogen-bond donors (Lipinski definition) is 1. The van der Waals surface area contributed by atoms with Gasteiger partial charge in [-0.15, -0.1) is 5.10 Å². The van der Waals surface area contributed by atoms with Crippen LogP contribution in [0.15, 0.2) is 36.5 Å². The van der Waals surface area contributed by atoms with E-state index in [1.54, 1.807) is 19.1 Å². The minimum atomic E-state index is -4.46. The Bertz CT molecular complexity index is 1260. The van der Waals surface area contributed by atoms with Gasteiger partial charge in [0.2, 0.25) is 11.9 Å². The van der Waals surface area contributed by atoms with E-state index in [-0.39, 0.29) is 23.7 Å². The van der Waals surface area contributed by atoms with E-state index in [1.807, 2.05) is 20.5 Å². The fourth-order valence-corrected chi connectivity index (χ4v) is 5.81. The van der Waals surface area contributed by atoms with Gasteiger partial charge in [0.15, 0.2) is 0 Å². The van der Waals surface area contributed by atoms with Crippen LogP contribution in [0.2, 0.25) is 0 Å². The first-order chi connectivity index (χ1) is 17.3. The van der Waals surface area contributed by atoms with Gasteiger partial charge in [-0.05, 0) is 67.9 Å². The molecule has 3 aromatic rings. The highest BCUT2D eigenvalue weighted by Crippen LogP contribution is 2.41. The molecule has 2 bridgehead atoms. The number of halogens is 4. The standard InChI is InChI=1S/C25H27F4N7/c1-15-3-6-19(11-20(15)26)35-9-2-10-36-24(35)32-23(33-36)31-22-16-4-5-17(22)14-34(13-16)18-7-8-30-21(12-18)25(27,28)29/h3,6-8,11-12,16-17,22H,2,4-5,9-10,13-14H2,1H3,(H,31,33)/t16-,17+,22+. The molecular formula is C25H27F4N7. The van der Waals surface area contributed by atoms with Crippen LogP contribution in [0.1, 0.15) is 30.5 Å². The smallest absolute Gasteiger partial charge is 0.371 e. The number of alkyl halides is 3. The topological polar surface area (TPSA) is 62.1 Å². The molecule has 3 atom stereocenters. The van der Waals surface area contributed by atoms with Crippen molar-refractivity contribution in [2.45, 2.75) is 44.9 Å². The van der Waals surface area contributed by atoms with Crippen LogP contribution in [0, 0.1) is 24.6 Å². The summed E-state index contributed by atoms with van der Waals surface area (Å²) in [5.74, 6) is 1.53. The van der Waals surface area contributed by atoms with Gasteiger partial charge in [-0.3, -0.25) is 4.98 Å². The third kappa shape index (κ3) is 4.14. The van der Waals surface area contributed by atoms with Crippen molar-refractivity contribution < 1.29 is 17.6 Å². The van der Waals surface area contributed by atoms with E-state index >= 15 is 0 Å². The average Bonchev–Trinajstić information content (AvgIpc) is 3.36. The quantitative estimate of drug-likeness (QED) is 0.508. The number of aromatic nitrogens is 4. The molecule has 7 nitrogen and oxygen atoms in total. The maximum atomic E-state index is 14.2. The van der Waals surface area contributed by atoms with E-state index in [0.717, 1.165) is 44.1 Å². The summed E-state index contributed by atoms with van der Waals surface area (Å²) in [4.78, 5) is 12.3. The Labute approximate surface area is 206 Å². The van der Waals surface area contributed by atoms with Crippen LogP contribution in [0.3, 0.4) is 0 Å². The van der Waals surface area contributed by atoms with Crippen molar-refractivity contribution in [3.63, 3.8) is 0 Å². The summed E-state index contributed by atoms with van der Waals surface area (Å²) in [6.45, 7) is 4.54. The number of hydrogen-bond acceptors (Lipinski definition) is 6. The van der Waals surface area contributed by atoms with Gasteiger partial charge in [0.25, 0.3) is 0 Å². The highest BCUT2D eigenvalue weighted by Gasteiger charge is 2.43. The van der Waals surface area contributed by atoms with E-state index < -0.39 is 11.9 Å². The number of benzene rings is 1. The summed E-state index contributed by atoms with van der Waals surface area (Å²) in [5, 5.41) is 8.22. The van der Waals surface area contributed by atoms with Crippen LogP contribution in [-0.4, -0.2) is 45.4 Å². The van der Waals surface area contributed by atoms with Crippen molar-refractivity contribution >= 4 is 23.3 Å². The minimum Gasteiger partial charge on any atom is -0.371 e. The minimum absolute atomic E-state index is 0.153. The first-order valence-corrected chi connectivity index (χ1v) is 12.3. The summed E-state index contributed by atoms with van der Waals surface area (Å²) < 4.78 is 55.5. The molecular weight excluding hydrogens is 474 g/mol. The molecule has 0 radical (unpaired) electrons. The first kappa shape index (κ1) is 23.1. The lowest BCUT2D eigenvalue weighted by atomic mass is 9.92. The molecule has 3 aliphatic rings. The van der Waals surface area contributed by atoms with Crippen LogP contribution in [0.25, 0.3) is 0 Å². The van der Waals surface area contributed by atoms with Gasteiger partial charge in [-0.25, -0.2) is 9.07 Å². The zero-order valence-electron chi connectivity index (χ0n) is 19.8. The van der Waals surface area contributed by atoms with E-state index in [0.29, 0.717) is 36.2 Å². The lowest BCUT2D eigenvalue weighted by molar-refractivity contribution is -0.141. The lowest BCUT2D eigenvalue weighted by Crippen LogP contribution is -2.48. The molecule has 36 heavy (non-hydrogen) atoms. The molecule has 0 amide bonds. The van der Waals surface area contributed by atoms with Gasteiger partial charge in [0, 0.05) is 49.8 Å². The van der Waals surface area contributed by atoms with E-state index in [9.17, 15) is 17.6 Å². The lowest BCUT2D eigenvalue weighted by Gasteiger charge is -2.39. The molecule has 1 N–H and O–H groups in total. The van der Waals surface area contributed by atoms with Crippen LogP contribution < -0.4 is 15.1 Å². The van der Waals surface area contributed by atoms with Crippen molar-refractivity contribution in [2.24, 2.45) is 11.8 Å². The number of nitrogens with zero attached hydrogens (tertiary/aromatic N) is 6. The normalized spacial score (nSPS) is 23.6. The number of aryl methyl sites for hydroxylation is 2. The second kappa shape index (κ2) is 8.63. The van der Waals surface area contributed by atoms with Crippen LogP contribution in [-0.2, 0) is 12.7 Å². The van der Waals surface area contributed by atoms with Gasteiger partial charge in [-0.2, -0.15) is 18.2 Å². The van der Waals surface area contributed by atoms with Crippen LogP contribution in [0.4, 0.5) is 40.8 Å². The second-order valence-electron chi connectivity index (χ2n) is 9.97. The SMILES string of the molecule is Cc1ccc(N2CCCn3nc(N[C@H]4[C@@H]5CC[C@H]4CN(c4ccnc(C(F)(F)F)c4)C5)nc32)cc1F. The van der Waals surface area contributed by atoms with Gasteiger partial charge in [0.1, 0.15) is 11.5 Å². The first-order valence-electron chi connectivity index (χ1n) is 12.3. The molecule has 2 aromatic heterocycles. The second-order valence-corrected chi connectivity index (χ2v) is 9.97. The summed E-state index contributed by atoms with van der Waals surface area (Å²) in [7, 11) is 0. The summed E-state index contributed by atoms with van der Waals surface area (Å²) in [5.41, 5.74) is 1.05. The maximum absolute atomic E-state index is 14.2. The molecule has 11 heteroatoms. The third-order valence-corrected chi connectivity index (χ3v) is 7.64. The number of pyridine rings is 1. The predicted molar refractivity (Wildman–Crippen MR) is 128 cm³/mol. The molecule has 1 aliphatic carbocycles. The van der Waals surface area contributed by atoms with Crippen LogP contribution >= 0.6 is 0 Å². The Morgan fingerprint density at radius 1 is 1.00 bits per heavy atom. The Morgan fingerprint density at radius 2 is 1.78 bits per heavy atom. The van der Waals surface area contributed by atoms with E-state index in [1.165, 1.54) is 12.3 Å². The summed E-state index contributed by atoms with van der Waals surface area (Å²) in [6, 6.07) is 8.14. The van der Waals surface area contributed by atoms with Crippen molar-refractivity contribution in [3.05, 3.63) is 53.6 Å². The van der Waals surface area contributed by atoms with Gasteiger partial charge in [-0.1, -0.05) is 6.07 Å². The third-order valence-electron chi connectivity index (χ3n) is 7.64. The predicted octanol–water partition coefficient (Wildman–Crippen LogP) is 5.01. The van der Waals surface area contributed by atoms with Gasteiger partial charge < -0.3 is 15.1 Å². The molecule has 0 spiro atoms. The molecule has 6 rings (SSSR count). The van der Waals surface area contributed by atoms with Crippen molar-refractivity contribution in [3.8, 4) is 0 Å². The fraction of sp³-hybridized carbons (Fsp3) is 0.480. The van der Waals surface area contributed by atoms with E-state index in [4.69, 9.17) is 4.98 Å². The molecule has 2 aliphatic heterocycles. The molecule has 1 saturated carbocycles. The number of rotatable bonds is 4. The molecule has 2 fully saturated rings. The zero-order chi connectivity index (χ0) is 25.0. The molecule has 0 unspecified atom stereocenters. The zero-order valence-corrected chi connectivity index (χ0v) is 19.8. The number of anilines is 4. The summed E-state index contributed by atoms with van der Waals surface area (Å²) >= 11 is 0. The van der Waals surface area contributed by atoms with Gasteiger partial charge >= 0.3 is 6.18 Å². The molecule has 1 aromatic carbocycles. The van der Waals surface area contributed by atoms with Crippen molar-refractivity contribution in [1.29, 1.82) is 0 Å². The average molecular weight is 502 g/mol. The summed E-state index contributed by atoms with van der Waals surface area (Å²) in [6.07, 6.45) is -0.355. The van der Waals surface area contributed by atoms with Gasteiger partial charge in [0.05, 0.1) is 0 Å². The number of piperidine rings is 1.